The third-order valence-corrected chi connectivity index (χ3v) is 5.79. The fourth-order valence-electron chi connectivity index (χ4n) is 3.72. The van der Waals surface area contributed by atoms with Crippen molar-refractivity contribution in [3.8, 4) is 0 Å². The van der Waals surface area contributed by atoms with Crippen molar-refractivity contribution >= 4 is 18.0 Å². The molecule has 0 aliphatic rings. The van der Waals surface area contributed by atoms with Crippen molar-refractivity contribution in [3.63, 3.8) is 0 Å². The van der Waals surface area contributed by atoms with Crippen molar-refractivity contribution in [1.29, 1.82) is 0 Å². The third-order valence-electron chi connectivity index (χ3n) is 5.79. The second-order valence-corrected chi connectivity index (χ2v) is 8.63. The molecule has 7 heteroatoms. The molecule has 0 radical (unpaired) electrons. The molecule has 0 saturated carbocycles. The quantitative estimate of drug-likeness (QED) is 0.203. The van der Waals surface area contributed by atoms with Gasteiger partial charge in [0.1, 0.15) is 0 Å². The van der Waals surface area contributed by atoms with Gasteiger partial charge in [0.2, 0.25) is 5.91 Å². The van der Waals surface area contributed by atoms with Crippen LogP contribution in [0, 0.1) is 6.92 Å². The summed E-state index contributed by atoms with van der Waals surface area (Å²) in [6.07, 6.45) is 17.2. The van der Waals surface area contributed by atoms with Crippen molar-refractivity contribution in [1.82, 2.24) is 4.57 Å². The van der Waals surface area contributed by atoms with Gasteiger partial charge in [-0.3, -0.25) is 14.2 Å². The second-order valence-electron chi connectivity index (χ2n) is 8.63. The van der Waals surface area contributed by atoms with Gasteiger partial charge >= 0.3 is 5.97 Å². The molecular formula is C26H43N3O4. The predicted molar refractivity (Wildman–Crippen MR) is 134 cm³/mol. The zero-order valence-electron chi connectivity index (χ0n) is 20.3. The van der Waals surface area contributed by atoms with E-state index in [9.17, 15) is 14.7 Å². The number of unbranched alkanes of at least 4 members (excludes halogenated alkanes) is 4. The Balaban J connectivity index is 3.00. The van der Waals surface area contributed by atoms with E-state index in [1.54, 1.807) is 10.6 Å². The highest BCUT2D eigenvalue weighted by Crippen LogP contribution is 2.22. The maximum Gasteiger partial charge on any atom is 0.303 e. The summed E-state index contributed by atoms with van der Waals surface area (Å²) in [5, 5.41) is 19.0. The van der Waals surface area contributed by atoms with E-state index in [4.69, 9.17) is 16.6 Å². The van der Waals surface area contributed by atoms with E-state index >= 15 is 0 Å². The fraction of sp³-hybridized carbons (Fsp3) is 0.615. The van der Waals surface area contributed by atoms with Gasteiger partial charge in [0, 0.05) is 18.3 Å². The van der Waals surface area contributed by atoms with Crippen molar-refractivity contribution in [2.45, 2.75) is 96.6 Å². The molecule has 186 valence electrons. The number of carbonyl (C=O) groups is 2. The van der Waals surface area contributed by atoms with Gasteiger partial charge in [-0.25, -0.2) is 0 Å². The zero-order valence-corrected chi connectivity index (χ0v) is 20.3. The first-order chi connectivity index (χ1) is 15.8. The monoisotopic (exact) mass is 461 g/mol. The van der Waals surface area contributed by atoms with Gasteiger partial charge in [-0.1, -0.05) is 56.9 Å². The highest BCUT2D eigenvalue weighted by atomic mass is 16.4. The number of carboxylic acids is 1. The van der Waals surface area contributed by atoms with Crippen LogP contribution in [-0.2, 0) is 11.2 Å². The number of carboxylic acid groups (broad SMARTS) is 1. The molecule has 0 aliphatic heterocycles. The predicted octanol–water partition coefficient (Wildman–Crippen LogP) is 4.20. The number of aliphatic hydroxyl groups is 1. The van der Waals surface area contributed by atoms with Crippen molar-refractivity contribution in [2.75, 3.05) is 6.54 Å². The summed E-state index contributed by atoms with van der Waals surface area (Å²) in [5.74, 6) is -0.929. The summed E-state index contributed by atoms with van der Waals surface area (Å²) in [6, 6.07) is -0.585. The van der Waals surface area contributed by atoms with E-state index in [-0.39, 0.29) is 12.3 Å². The molecule has 7 nitrogen and oxygen atoms in total. The Labute approximate surface area is 198 Å². The van der Waals surface area contributed by atoms with Gasteiger partial charge < -0.3 is 21.7 Å². The zero-order chi connectivity index (χ0) is 24.6. The Bertz CT molecular complexity index is 783. The van der Waals surface area contributed by atoms with Crippen LogP contribution in [0.2, 0.25) is 0 Å². The topological polar surface area (TPSA) is 132 Å². The molecule has 0 aromatic carbocycles. The van der Waals surface area contributed by atoms with Crippen LogP contribution in [0.15, 0.2) is 24.4 Å². The van der Waals surface area contributed by atoms with Gasteiger partial charge in [-0.15, -0.1) is 0 Å². The summed E-state index contributed by atoms with van der Waals surface area (Å²) in [4.78, 5) is 23.6. The van der Waals surface area contributed by atoms with Gasteiger partial charge in [0.15, 0.2) is 0 Å². The molecule has 1 aromatic heterocycles. The van der Waals surface area contributed by atoms with E-state index in [2.05, 4.69) is 6.92 Å². The average molecular weight is 462 g/mol. The number of hydrogen-bond donors (Lipinski definition) is 4. The van der Waals surface area contributed by atoms with Crippen molar-refractivity contribution in [2.24, 2.45) is 11.5 Å². The number of aromatic nitrogens is 1. The molecular weight excluding hydrogens is 418 g/mol. The summed E-state index contributed by atoms with van der Waals surface area (Å²) in [6.45, 7) is 4.63. The first kappa shape index (κ1) is 28.8. The molecule has 0 saturated heterocycles. The van der Waals surface area contributed by atoms with Crippen LogP contribution in [0.4, 0.5) is 0 Å². The van der Waals surface area contributed by atoms with E-state index in [0.717, 1.165) is 48.9 Å². The number of allylic oxidation sites excluding steroid dienone is 2. The second kappa shape index (κ2) is 16.4. The van der Waals surface area contributed by atoms with E-state index in [1.165, 1.54) is 0 Å². The number of nitrogens with two attached hydrogens (primary N) is 2. The van der Waals surface area contributed by atoms with Crippen LogP contribution < -0.4 is 11.5 Å². The van der Waals surface area contributed by atoms with Crippen LogP contribution in [-0.4, -0.2) is 45.3 Å². The minimum Gasteiger partial charge on any atom is -0.481 e. The highest BCUT2D eigenvalue weighted by Gasteiger charge is 2.20. The average Bonchev–Trinajstić information content (AvgIpc) is 3.09. The molecule has 1 heterocycles. The van der Waals surface area contributed by atoms with Gasteiger partial charge in [-0.05, 0) is 63.1 Å². The van der Waals surface area contributed by atoms with Crippen LogP contribution in [0.3, 0.4) is 0 Å². The highest BCUT2D eigenvalue weighted by molar-refractivity contribution is 5.86. The maximum atomic E-state index is 13.0. The first-order valence-corrected chi connectivity index (χ1v) is 12.3. The Kier molecular flexibility index (Phi) is 14.3. The lowest BCUT2D eigenvalue weighted by Crippen LogP contribution is -2.35. The first-order valence-electron chi connectivity index (χ1n) is 12.3. The summed E-state index contributed by atoms with van der Waals surface area (Å²) >= 11 is 0. The molecule has 1 rings (SSSR count). The molecule has 0 fully saturated rings. The minimum absolute atomic E-state index is 0.139. The smallest absolute Gasteiger partial charge is 0.303 e. The molecule has 0 aliphatic carbocycles. The molecule has 6 N–H and O–H groups in total. The number of rotatable bonds is 17. The Morgan fingerprint density at radius 3 is 2.52 bits per heavy atom. The number of aliphatic carboxylic acids is 1. The number of aliphatic hydroxyl groups excluding tert-OH is 1. The van der Waals surface area contributed by atoms with Gasteiger partial charge in [0.25, 0.3) is 0 Å². The SMILES string of the molecule is CCCCCC(O)/C=C/c1cn(C(=O)[C@@H](N)CCCCN)c(C)c1C/C=C\CCCC(=O)O. The molecule has 2 atom stereocenters. The summed E-state index contributed by atoms with van der Waals surface area (Å²) in [5.41, 5.74) is 14.4. The van der Waals surface area contributed by atoms with Crippen molar-refractivity contribution in [3.05, 3.63) is 41.2 Å². The third kappa shape index (κ3) is 11.0. The van der Waals surface area contributed by atoms with Crippen molar-refractivity contribution < 1.29 is 19.8 Å². The van der Waals surface area contributed by atoms with Crippen LogP contribution in [0.25, 0.3) is 6.08 Å². The normalized spacial score (nSPS) is 13.7. The van der Waals surface area contributed by atoms with Gasteiger partial charge in [0.05, 0.1) is 12.1 Å². The van der Waals surface area contributed by atoms with Crippen LogP contribution in [0.5, 0.6) is 0 Å². The molecule has 0 amide bonds. The summed E-state index contributed by atoms with van der Waals surface area (Å²) < 4.78 is 1.63. The number of nitrogens with zero attached hydrogens (tertiary/aromatic N) is 1. The molecule has 1 aromatic rings. The van der Waals surface area contributed by atoms with Gasteiger partial charge in [-0.2, -0.15) is 0 Å². The molecule has 1 unspecified atom stereocenters. The Hall–Kier alpha value is -2.22. The Morgan fingerprint density at radius 2 is 1.85 bits per heavy atom. The lowest BCUT2D eigenvalue weighted by molar-refractivity contribution is -0.137. The van der Waals surface area contributed by atoms with E-state index in [1.807, 2.05) is 31.3 Å². The van der Waals surface area contributed by atoms with E-state index in [0.29, 0.717) is 38.6 Å². The Morgan fingerprint density at radius 1 is 1.12 bits per heavy atom. The number of hydrogen-bond acceptors (Lipinski definition) is 5. The number of carbonyl (C=O) groups excluding carboxylic acids is 1. The van der Waals surface area contributed by atoms with E-state index < -0.39 is 18.1 Å². The maximum absolute atomic E-state index is 13.0. The lowest BCUT2D eigenvalue weighted by atomic mass is 10.0. The molecule has 33 heavy (non-hydrogen) atoms. The summed E-state index contributed by atoms with van der Waals surface area (Å²) in [7, 11) is 0. The fourth-order valence-corrected chi connectivity index (χ4v) is 3.72. The standard InChI is InChI=1S/C26H43N3O4/c1-3-4-7-12-22(30)17-16-21-19-29(26(33)24(28)14-10-11-18-27)20(2)23(21)13-8-5-6-9-15-25(31)32/h5,8,16-17,19,22,24,30H,3-4,6-7,9-15,18,27-28H2,1-2H3,(H,31,32)/b8-5-,17-16+/t22?,24-/m0/s1. The minimum atomic E-state index is -0.789. The lowest BCUT2D eigenvalue weighted by Gasteiger charge is -2.12. The molecule has 0 spiro atoms. The van der Waals surface area contributed by atoms with Crippen LogP contribution >= 0.6 is 0 Å². The molecule has 0 bridgehead atoms. The van der Waals surface area contributed by atoms with Crippen LogP contribution in [0.1, 0.15) is 92.7 Å². The largest absolute Gasteiger partial charge is 0.481 e.